The lowest BCUT2D eigenvalue weighted by Crippen LogP contribution is -1.87. The smallest absolute Gasteiger partial charge is 0.248 e. The number of allylic oxidation sites excluding steroid dienone is 1. The van der Waals surface area contributed by atoms with Crippen molar-refractivity contribution in [1.29, 1.82) is 0 Å². The Morgan fingerprint density at radius 1 is 1.43 bits per heavy atom. The van der Waals surface area contributed by atoms with Gasteiger partial charge in [-0.25, -0.2) is 0 Å². The van der Waals surface area contributed by atoms with E-state index in [0.29, 0.717) is 11.3 Å². The minimum Gasteiger partial charge on any atom is -0.507 e. The highest BCUT2D eigenvalue weighted by Gasteiger charge is 2.01. The summed E-state index contributed by atoms with van der Waals surface area (Å²) in [7, 11) is 1.55. The van der Waals surface area contributed by atoms with Gasteiger partial charge >= 0.3 is 0 Å². The van der Waals surface area contributed by atoms with Gasteiger partial charge in [-0.15, -0.1) is 0 Å². The molecule has 0 aromatic heterocycles. The summed E-state index contributed by atoms with van der Waals surface area (Å²) in [6.07, 6.45) is 0.948. The fourth-order valence-electron chi connectivity index (χ4n) is 0.953. The highest BCUT2D eigenvalue weighted by Crippen LogP contribution is 2.16. The molecule has 0 unspecified atom stereocenters. The van der Waals surface area contributed by atoms with Gasteiger partial charge in [-0.2, -0.15) is 0 Å². The fraction of sp³-hybridized carbons (Fsp3) is 0.100. The van der Waals surface area contributed by atoms with E-state index in [1.54, 1.807) is 31.4 Å². The van der Waals surface area contributed by atoms with Crippen LogP contribution in [0.15, 0.2) is 30.3 Å². The van der Waals surface area contributed by atoms with E-state index in [0.717, 1.165) is 6.08 Å². The van der Waals surface area contributed by atoms with E-state index in [1.807, 2.05) is 0 Å². The number of halogens is 1. The van der Waals surface area contributed by atoms with Gasteiger partial charge in [-0.3, -0.25) is 4.79 Å². The summed E-state index contributed by atoms with van der Waals surface area (Å²) in [4.78, 5) is 10.5. The summed E-state index contributed by atoms with van der Waals surface area (Å²) in [5, 5.41) is 8.66. The summed E-state index contributed by atoms with van der Waals surface area (Å²) < 4.78 is 4.94. The van der Waals surface area contributed by atoms with Crippen LogP contribution in [0.25, 0.3) is 5.76 Å². The van der Waals surface area contributed by atoms with Gasteiger partial charge in [0.25, 0.3) is 0 Å². The molecule has 0 saturated carbocycles. The molecule has 1 aromatic rings. The average molecular weight is 213 g/mol. The Bertz CT molecular complexity index is 354. The van der Waals surface area contributed by atoms with Gasteiger partial charge in [0.1, 0.15) is 11.5 Å². The maximum Gasteiger partial charge on any atom is 0.248 e. The zero-order chi connectivity index (χ0) is 10.6. The lowest BCUT2D eigenvalue weighted by Gasteiger charge is -2.01. The van der Waals surface area contributed by atoms with E-state index in [4.69, 9.17) is 16.3 Å². The minimum absolute atomic E-state index is 0.160. The van der Waals surface area contributed by atoms with Crippen molar-refractivity contribution in [1.82, 2.24) is 0 Å². The number of hydrogen-bond donors (Lipinski definition) is 1. The number of hydrogen-bond acceptors (Lipinski definition) is 3. The Hall–Kier alpha value is -1.48. The highest BCUT2D eigenvalue weighted by atomic mass is 35.5. The first-order valence-electron chi connectivity index (χ1n) is 3.88. The topological polar surface area (TPSA) is 46.5 Å². The molecule has 0 radical (unpaired) electrons. The van der Waals surface area contributed by atoms with Crippen molar-refractivity contribution < 1.29 is 14.6 Å². The molecule has 1 rings (SSSR count). The van der Waals surface area contributed by atoms with Gasteiger partial charge in [0.05, 0.1) is 7.11 Å². The summed E-state index contributed by atoms with van der Waals surface area (Å²) in [6.45, 7) is 0. The van der Waals surface area contributed by atoms with E-state index in [2.05, 4.69) is 0 Å². The van der Waals surface area contributed by atoms with Gasteiger partial charge in [-0.1, -0.05) is 0 Å². The Morgan fingerprint density at radius 2 is 2.00 bits per heavy atom. The zero-order valence-electron chi connectivity index (χ0n) is 7.53. The number of ether oxygens (including phenoxy) is 1. The summed E-state index contributed by atoms with van der Waals surface area (Å²) in [5.41, 5.74) is 0.514. The van der Waals surface area contributed by atoms with E-state index in [-0.39, 0.29) is 5.76 Å². The van der Waals surface area contributed by atoms with Crippen LogP contribution < -0.4 is 4.74 Å². The Morgan fingerprint density at radius 3 is 2.43 bits per heavy atom. The molecule has 4 heteroatoms. The SMILES string of the molecule is COc1ccc(/C(O)=C/C(=O)Cl)cc1. The second-order valence-electron chi connectivity index (χ2n) is 2.56. The van der Waals surface area contributed by atoms with Crippen molar-refractivity contribution in [2.24, 2.45) is 0 Å². The highest BCUT2D eigenvalue weighted by molar-refractivity contribution is 6.66. The Balaban J connectivity index is 2.92. The molecule has 0 fully saturated rings. The van der Waals surface area contributed by atoms with Crippen molar-refractivity contribution in [3.63, 3.8) is 0 Å². The lowest BCUT2D eigenvalue weighted by atomic mass is 10.2. The quantitative estimate of drug-likeness (QED) is 0.475. The van der Waals surface area contributed by atoms with Gasteiger partial charge < -0.3 is 9.84 Å². The monoisotopic (exact) mass is 212 g/mol. The van der Waals surface area contributed by atoms with Crippen LogP contribution in [-0.2, 0) is 4.79 Å². The fourth-order valence-corrected chi connectivity index (χ4v) is 1.06. The lowest BCUT2D eigenvalue weighted by molar-refractivity contribution is -0.107. The number of carbonyl (C=O) groups is 1. The molecule has 0 bridgehead atoms. The number of methoxy groups -OCH3 is 1. The molecule has 0 saturated heterocycles. The normalized spacial score (nSPS) is 11.1. The molecule has 0 amide bonds. The maximum atomic E-state index is 10.5. The molecular weight excluding hydrogens is 204 g/mol. The molecule has 0 aliphatic heterocycles. The number of rotatable bonds is 3. The molecule has 1 N–H and O–H groups in total. The van der Waals surface area contributed by atoms with Crippen molar-refractivity contribution >= 4 is 22.6 Å². The van der Waals surface area contributed by atoms with Crippen molar-refractivity contribution in [2.75, 3.05) is 7.11 Å². The zero-order valence-corrected chi connectivity index (χ0v) is 8.28. The van der Waals surface area contributed by atoms with E-state index in [1.165, 1.54) is 0 Å². The summed E-state index contributed by atoms with van der Waals surface area (Å²) in [6, 6.07) is 6.62. The minimum atomic E-state index is -0.710. The van der Waals surface area contributed by atoms with E-state index in [9.17, 15) is 9.90 Å². The third-order valence-corrected chi connectivity index (χ3v) is 1.75. The second-order valence-corrected chi connectivity index (χ2v) is 2.93. The van der Waals surface area contributed by atoms with Crippen molar-refractivity contribution in [3.8, 4) is 5.75 Å². The summed E-state index contributed by atoms with van der Waals surface area (Å²) in [5.74, 6) is 0.520. The molecule has 74 valence electrons. The van der Waals surface area contributed by atoms with Crippen LogP contribution in [0.4, 0.5) is 0 Å². The largest absolute Gasteiger partial charge is 0.507 e. The molecule has 0 atom stereocenters. The molecule has 0 spiro atoms. The molecule has 14 heavy (non-hydrogen) atoms. The molecule has 1 aromatic carbocycles. The van der Waals surface area contributed by atoms with E-state index >= 15 is 0 Å². The standard InChI is InChI=1S/C10H9ClO3/c1-14-8-4-2-7(3-5-8)9(12)6-10(11)13/h2-6,12H,1H3/b9-6-. The van der Waals surface area contributed by atoms with Crippen LogP contribution in [0.3, 0.4) is 0 Å². The Labute approximate surface area is 86.6 Å². The van der Waals surface area contributed by atoms with Gasteiger partial charge in [0.2, 0.25) is 5.24 Å². The first kappa shape index (κ1) is 10.6. The van der Waals surface area contributed by atoms with Crippen molar-refractivity contribution in [2.45, 2.75) is 0 Å². The second kappa shape index (κ2) is 4.67. The third kappa shape index (κ3) is 2.78. The van der Waals surface area contributed by atoms with Crippen LogP contribution in [-0.4, -0.2) is 17.5 Å². The van der Waals surface area contributed by atoms with Gasteiger partial charge in [0.15, 0.2) is 0 Å². The first-order valence-corrected chi connectivity index (χ1v) is 4.26. The number of benzene rings is 1. The average Bonchev–Trinajstić information content (AvgIpc) is 2.17. The molecule has 0 aliphatic rings. The van der Waals surface area contributed by atoms with Crippen LogP contribution in [0.5, 0.6) is 5.75 Å². The number of aliphatic hydroxyl groups excluding tert-OH is 1. The molecule has 0 heterocycles. The molecular formula is C10H9ClO3. The van der Waals surface area contributed by atoms with Crippen molar-refractivity contribution in [3.05, 3.63) is 35.9 Å². The Kier molecular flexibility index (Phi) is 3.54. The van der Waals surface area contributed by atoms with Gasteiger partial charge in [0, 0.05) is 11.6 Å². The first-order chi connectivity index (χ1) is 6.63. The predicted octanol–water partition coefficient (Wildman–Crippen LogP) is 2.36. The van der Waals surface area contributed by atoms with Gasteiger partial charge in [-0.05, 0) is 35.9 Å². The van der Waals surface area contributed by atoms with Crippen LogP contribution in [0.1, 0.15) is 5.56 Å². The van der Waals surface area contributed by atoms with E-state index < -0.39 is 5.24 Å². The number of carbonyl (C=O) groups excluding carboxylic acids is 1. The predicted molar refractivity (Wildman–Crippen MR) is 54.5 cm³/mol. The number of aliphatic hydroxyl groups is 1. The third-order valence-electron chi connectivity index (χ3n) is 1.64. The van der Waals surface area contributed by atoms with Crippen LogP contribution in [0, 0.1) is 0 Å². The van der Waals surface area contributed by atoms with Crippen LogP contribution in [0.2, 0.25) is 0 Å². The maximum absolute atomic E-state index is 10.5. The van der Waals surface area contributed by atoms with Crippen LogP contribution >= 0.6 is 11.6 Å². The molecule has 3 nitrogen and oxygen atoms in total. The summed E-state index contributed by atoms with van der Waals surface area (Å²) >= 11 is 5.08. The molecule has 0 aliphatic carbocycles.